The van der Waals surface area contributed by atoms with Crippen LogP contribution >= 0.6 is 0 Å². The van der Waals surface area contributed by atoms with Crippen LogP contribution in [-0.4, -0.2) is 19.1 Å². The molecule has 0 heterocycles. The molecule has 0 aromatic heterocycles. The molecule has 0 radical (unpaired) electrons. The average molecular weight is 248 g/mol. The first kappa shape index (κ1) is 12.9. The number of nitrogens with two attached hydrogens (primary N) is 1. The highest BCUT2D eigenvalue weighted by Crippen LogP contribution is 2.33. The summed E-state index contributed by atoms with van der Waals surface area (Å²) in [6.45, 7) is 1.89. The second-order valence-electron chi connectivity index (χ2n) is 4.66. The molecule has 1 amide bonds. The quantitative estimate of drug-likeness (QED) is 0.830. The van der Waals surface area contributed by atoms with Gasteiger partial charge in [0.15, 0.2) is 6.10 Å². The van der Waals surface area contributed by atoms with Crippen molar-refractivity contribution in [1.29, 1.82) is 0 Å². The van der Waals surface area contributed by atoms with E-state index in [2.05, 4.69) is 11.4 Å². The molecule has 0 fully saturated rings. The Morgan fingerprint density at radius 1 is 1.61 bits per heavy atom. The monoisotopic (exact) mass is 248 g/mol. The van der Waals surface area contributed by atoms with Gasteiger partial charge in [0.25, 0.3) is 5.91 Å². The standard InChI is InChI=1S/C14H20N2O2/c1-3-13(14(15)17)18-10-5-6-11-9(8-10)4-7-12(11)16-2/h5-6,8,12-13,16H,3-4,7H2,1-2H3,(H2,15,17). The molecule has 18 heavy (non-hydrogen) atoms. The van der Waals surface area contributed by atoms with E-state index in [4.69, 9.17) is 10.5 Å². The maximum atomic E-state index is 11.2. The molecule has 1 aliphatic carbocycles. The second-order valence-corrected chi connectivity index (χ2v) is 4.66. The van der Waals surface area contributed by atoms with E-state index in [1.807, 2.05) is 26.1 Å². The van der Waals surface area contributed by atoms with E-state index < -0.39 is 12.0 Å². The van der Waals surface area contributed by atoms with Crippen LogP contribution in [0.4, 0.5) is 0 Å². The fraction of sp³-hybridized carbons (Fsp3) is 0.500. The van der Waals surface area contributed by atoms with Gasteiger partial charge in [0.1, 0.15) is 5.75 Å². The van der Waals surface area contributed by atoms with Crippen LogP contribution < -0.4 is 15.8 Å². The first-order valence-electron chi connectivity index (χ1n) is 6.41. The minimum absolute atomic E-state index is 0.411. The van der Waals surface area contributed by atoms with E-state index in [1.54, 1.807) is 0 Å². The van der Waals surface area contributed by atoms with E-state index in [0.717, 1.165) is 18.6 Å². The molecular formula is C14H20N2O2. The van der Waals surface area contributed by atoms with Gasteiger partial charge in [0.2, 0.25) is 0 Å². The van der Waals surface area contributed by atoms with Crippen molar-refractivity contribution in [3.05, 3.63) is 29.3 Å². The lowest BCUT2D eigenvalue weighted by Gasteiger charge is -2.15. The molecule has 1 aromatic rings. The molecule has 2 unspecified atom stereocenters. The number of nitrogens with one attached hydrogen (secondary N) is 1. The fourth-order valence-corrected chi connectivity index (χ4v) is 2.47. The van der Waals surface area contributed by atoms with Crippen molar-refractivity contribution in [2.45, 2.75) is 38.3 Å². The molecule has 2 atom stereocenters. The van der Waals surface area contributed by atoms with Crippen molar-refractivity contribution in [3.8, 4) is 5.75 Å². The molecule has 98 valence electrons. The average Bonchev–Trinajstić information content (AvgIpc) is 2.77. The van der Waals surface area contributed by atoms with Gasteiger partial charge in [-0.15, -0.1) is 0 Å². The maximum absolute atomic E-state index is 11.2. The maximum Gasteiger partial charge on any atom is 0.258 e. The number of hydrogen-bond acceptors (Lipinski definition) is 3. The third-order valence-electron chi connectivity index (χ3n) is 3.51. The Hall–Kier alpha value is -1.55. The van der Waals surface area contributed by atoms with Crippen LogP contribution in [0.15, 0.2) is 18.2 Å². The molecule has 0 bridgehead atoms. The summed E-state index contributed by atoms with van der Waals surface area (Å²) >= 11 is 0. The Labute approximate surface area is 108 Å². The van der Waals surface area contributed by atoms with Gasteiger partial charge >= 0.3 is 0 Å². The highest BCUT2D eigenvalue weighted by atomic mass is 16.5. The molecule has 2 rings (SSSR count). The van der Waals surface area contributed by atoms with Crippen molar-refractivity contribution in [3.63, 3.8) is 0 Å². The van der Waals surface area contributed by atoms with Crippen LogP contribution in [0.2, 0.25) is 0 Å². The highest BCUT2D eigenvalue weighted by molar-refractivity contribution is 5.79. The van der Waals surface area contributed by atoms with Gasteiger partial charge in [0.05, 0.1) is 0 Å². The van der Waals surface area contributed by atoms with E-state index in [1.165, 1.54) is 11.1 Å². The minimum atomic E-state index is -0.537. The first-order valence-corrected chi connectivity index (χ1v) is 6.41. The van der Waals surface area contributed by atoms with Gasteiger partial charge in [-0.3, -0.25) is 4.79 Å². The van der Waals surface area contributed by atoms with Crippen LogP contribution in [0.1, 0.15) is 36.9 Å². The number of primary amides is 1. The van der Waals surface area contributed by atoms with Crippen LogP contribution in [0.25, 0.3) is 0 Å². The fourth-order valence-electron chi connectivity index (χ4n) is 2.47. The molecule has 0 saturated heterocycles. The summed E-state index contributed by atoms with van der Waals surface area (Å²) < 4.78 is 5.62. The molecule has 0 spiro atoms. The van der Waals surface area contributed by atoms with Crippen LogP contribution in [0.3, 0.4) is 0 Å². The summed E-state index contributed by atoms with van der Waals surface area (Å²) in [5, 5.41) is 3.29. The van der Waals surface area contributed by atoms with Gasteiger partial charge in [-0.2, -0.15) is 0 Å². The zero-order valence-corrected chi connectivity index (χ0v) is 10.9. The Balaban J connectivity index is 2.15. The number of carbonyl (C=O) groups excluding carboxylic acids is 1. The largest absolute Gasteiger partial charge is 0.481 e. The molecule has 0 saturated carbocycles. The van der Waals surface area contributed by atoms with Crippen molar-refractivity contribution >= 4 is 5.91 Å². The van der Waals surface area contributed by atoms with Crippen molar-refractivity contribution in [1.82, 2.24) is 5.32 Å². The van der Waals surface area contributed by atoms with E-state index in [9.17, 15) is 4.79 Å². The number of hydrogen-bond donors (Lipinski definition) is 2. The Morgan fingerprint density at radius 2 is 2.39 bits per heavy atom. The van der Waals surface area contributed by atoms with Crippen LogP contribution in [0.5, 0.6) is 5.75 Å². The number of fused-ring (bicyclic) bond motifs is 1. The molecule has 4 heteroatoms. The van der Waals surface area contributed by atoms with Crippen LogP contribution in [-0.2, 0) is 11.2 Å². The SMILES string of the molecule is CCC(Oc1ccc2c(c1)CCC2NC)C(N)=O. The summed E-state index contributed by atoms with van der Waals surface area (Å²) in [6.07, 6.45) is 2.21. The number of carbonyl (C=O) groups is 1. The highest BCUT2D eigenvalue weighted by Gasteiger charge is 2.22. The summed E-state index contributed by atoms with van der Waals surface area (Å²) in [7, 11) is 1.98. The number of rotatable bonds is 5. The van der Waals surface area contributed by atoms with Gasteiger partial charge in [-0.25, -0.2) is 0 Å². The summed E-state index contributed by atoms with van der Waals surface area (Å²) in [6, 6.07) is 6.46. The lowest BCUT2D eigenvalue weighted by atomic mass is 10.1. The van der Waals surface area contributed by atoms with E-state index in [0.29, 0.717) is 12.5 Å². The zero-order chi connectivity index (χ0) is 13.1. The topological polar surface area (TPSA) is 64.3 Å². The molecule has 3 N–H and O–H groups in total. The van der Waals surface area contributed by atoms with Crippen LogP contribution in [0, 0.1) is 0 Å². The summed E-state index contributed by atoms with van der Waals surface area (Å²) in [5.74, 6) is 0.322. The minimum Gasteiger partial charge on any atom is -0.481 e. The van der Waals surface area contributed by atoms with E-state index in [-0.39, 0.29) is 0 Å². The van der Waals surface area contributed by atoms with Crippen molar-refractivity contribution in [2.75, 3.05) is 7.05 Å². The number of ether oxygens (including phenoxy) is 1. The molecule has 1 aromatic carbocycles. The molecule has 0 aliphatic heterocycles. The first-order chi connectivity index (χ1) is 8.65. The normalized spacial score (nSPS) is 19.3. The molecule has 1 aliphatic rings. The number of aryl methyl sites for hydroxylation is 1. The molecule has 4 nitrogen and oxygen atoms in total. The Bertz CT molecular complexity index is 445. The summed E-state index contributed by atoms with van der Waals surface area (Å²) in [5.41, 5.74) is 7.91. The lowest BCUT2D eigenvalue weighted by Crippen LogP contribution is -2.33. The van der Waals surface area contributed by atoms with Gasteiger partial charge < -0.3 is 15.8 Å². The third kappa shape index (κ3) is 2.48. The number of amides is 1. The van der Waals surface area contributed by atoms with E-state index >= 15 is 0 Å². The summed E-state index contributed by atoms with van der Waals surface area (Å²) in [4.78, 5) is 11.2. The second kappa shape index (κ2) is 5.40. The predicted molar refractivity (Wildman–Crippen MR) is 70.5 cm³/mol. The zero-order valence-electron chi connectivity index (χ0n) is 10.9. The number of benzene rings is 1. The molecular weight excluding hydrogens is 228 g/mol. The van der Waals surface area contributed by atoms with Gasteiger partial charge in [0, 0.05) is 6.04 Å². The smallest absolute Gasteiger partial charge is 0.258 e. The van der Waals surface area contributed by atoms with Gasteiger partial charge in [-0.1, -0.05) is 13.0 Å². The van der Waals surface area contributed by atoms with Gasteiger partial charge in [-0.05, 0) is 49.6 Å². The van der Waals surface area contributed by atoms with Crippen molar-refractivity contribution < 1.29 is 9.53 Å². The third-order valence-corrected chi connectivity index (χ3v) is 3.51. The Kier molecular flexibility index (Phi) is 3.87. The lowest BCUT2D eigenvalue weighted by molar-refractivity contribution is -0.124. The van der Waals surface area contributed by atoms with Crippen molar-refractivity contribution in [2.24, 2.45) is 5.73 Å². The predicted octanol–water partition coefficient (Wildman–Crippen LogP) is 1.54. The Morgan fingerprint density at radius 3 is 3.00 bits per heavy atom.